The van der Waals surface area contributed by atoms with Crippen LogP contribution >= 0.6 is 0 Å². The smallest absolute Gasteiger partial charge is 0.430 e. The lowest BCUT2D eigenvalue weighted by atomic mass is 9.92. The van der Waals surface area contributed by atoms with Crippen molar-refractivity contribution in [1.29, 1.82) is 0 Å². The lowest BCUT2D eigenvalue weighted by Gasteiger charge is -2.36. The van der Waals surface area contributed by atoms with E-state index in [-0.39, 0.29) is 5.91 Å². The van der Waals surface area contributed by atoms with E-state index in [2.05, 4.69) is 29.9 Å². The van der Waals surface area contributed by atoms with Crippen LogP contribution in [-0.2, 0) is 20.7 Å². The Bertz CT molecular complexity index is 865. The molecule has 7 heteroatoms. The van der Waals surface area contributed by atoms with Crippen molar-refractivity contribution in [2.45, 2.75) is 45.1 Å². The number of benzene rings is 1. The monoisotopic (exact) mass is 357 g/mol. The second kappa shape index (κ2) is 6.30. The van der Waals surface area contributed by atoms with Crippen molar-refractivity contribution < 1.29 is 19.1 Å². The summed E-state index contributed by atoms with van der Waals surface area (Å²) < 4.78 is 10.2. The van der Waals surface area contributed by atoms with Crippen LogP contribution in [0.2, 0.25) is 0 Å². The van der Waals surface area contributed by atoms with Gasteiger partial charge in [-0.1, -0.05) is 6.07 Å². The van der Waals surface area contributed by atoms with Crippen LogP contribution in [0.4, 0.5) is 4.79 Å². The SMILES string of the molecule is Cc1ccc2[nH]c(CCC(=O)N3CCC4(CC3)COC(=O)O4)nc2c1C. The normalized spacial score (nSPS) is 19.0. The van der Waals surface area contributed by atoms with E-state index in [4.69, 9.17) is 9.47 Å². The summed E-state index contributed by atoms with van der Waals surface area (Å²) in [5.74, 6) is 0.951. The third-order valence-corrected chi connectivity index (χ3v) is 5.58. The quantitative estimate of drug-likeness (QED) is 0.854. The number of cyclic esters (lactones) is 1. The van der Waals surface area contributed by atoms with Crippen molar-refractivity contribution >= 4 is 23.1 Å². The minimum absolute atomic E-state index is 0.110. The maximum absolute atomic E-state index is 12.5. The van der Waals surface area contributed by atoms with Crippen molar-refractivity contribution in [3.05, 3.63) is 29.1 Å². The summed E-state index contributed by atoms with van der Waals surface area (Å²) in [5.41, 5.74) is 3.85. The molecule has 0 aliphatic carbocycles. The molecular weight excluding hydrogens is 334 g/mol. The van der Waals surface area contributed by atoms with Gasteiger partial charge in [-0.2, -0.15) is 0 Å². The number of carbonyl (C=O) groups is 2. The molecule has 1 spiro atoms. The number of H-pyrrole nitrogens is 1. The summed E-state index contributed by atoms with van der Waals surface area (Å²) in [6.45, 7) is 5.62. The molecule has 2 fully saturated rings. The topological polar surface area (TPSA) is 84.5 Å². The average molecular weight is 357 g/mol. The van der Waals surface area contributed by atoms with Gasteiger partial charge in [-0.25, -0.2) is 9.78 Å². The Morgan fingerprint density at radius 1 is 1.31 bits per heavy atom. The summed E-state index contributed by atoms with van der Waals surface area (Å²) in [4.78, 5) is 33.5. The lowest BCUT2D eigenvalue weighted by Crippen LogP contribution is -2.48. The number of fused-ring (bicyclic) bond motifs is 1. The molecule has 1 N–H and O–H groups in total. The molecule has 7 nitrogen and oxygen atoms in total. The molecule has 2 aliphatic heterocycles. The molecule has 26 heavy (non-hydrogen) atoms. The molecule has 2 aliphatic rings. The average Bonchev–Trinajstić information content (AvgIpc) is 3.21. The summed E-state index contributed by atoms with van der Waals surface area (Å²) >= 11 is 0. The predicted molar refractivity (Wildman–Crippen MR) is 94.9 cm³/mol. The fraction of sp³-hybridized carbons (Fsp3) is 0.526. The van der Waals surface area contributed by atoms with Gasteiger partial charge in [0.15, 0.2) is 5.60 Å². The zero-order valence-electron chi connectivity index (χ0n) is 15.1. The number of carbonyl (C=O) groups excluding carboxylic acids is 2. The molecule has 4 rings (SSSR count). The number of piperidine rings is 1. The van der Waals surface area contributed by atoms with Crippen LogP contribution in [0, 0.1) is 13.8 Å². The Hall–Kier alpha value is -2.57. The highest BCUT2D eigenvalue weighted by Gasteiger charge is 2.45. The van der Waals surface area contributed by atoms with Crippen LogP contribution in [-0.4, -0.2) is 52.2 Å². The van der Waals surface area contributed by atoms with E-state index in [1.807, 2.05) is 11.0 Å². The van der Waals surface area contributed by atoms with Gasteiger partial charge in [0.2, 0.25) is 5.91 Å². The fourth-order valence-electron chi connectivity index (χ4n) is 3.70. The maximum atomic E-state index is 12.5. The molecule has 1 aromatic carbocycles. The van der Waals surface area contributed by atoms with E-state index in [0.29, 0.717) is 45.4 Å². The van der Waals surface area contributed by atoms with E-state index in [9.17, 15) is 9.59 Å². The van der Waals surface area contributed by atoms with Gasteiger partial charge in [-0.15, -0.1) is 0 Å². The van der Waals surface area contributed by atoms with E-state index in [1.54, 1.807) is 0 Å². The maximum Gasteiger partial charge on any atom is 0.509 e. The minimum atomic E-state index is -0.597. The number of aromatic nitrogens is 2. The number of likely N-dealkylation sites (tertiary alicyclic amines) is 1. The molecule has 1 amide bonds. The summed E-state index contributed by atoms with van der Waals surface area (Å²) in [5, 5.41) is 0. The van der Waals surface area contributed by atoms with Crippen LogP contribution in [0.15, 0.2) is 12.1 Å². The van der Waals surface area contributed by atoms with Gasteiger partial charge in [0.05, 0.1) is 11.0 Å². The van der Waals surface area contributed by atoms with Gasteiger partial charge in [0, 0.05) is 38.8 Å². The van der Waals surface area contributed by atoms with Crippen molar-refractivity contribution in [1.82, 2.24) is 14.9 Å². The van der Waals surface area contributed by atoms with E-state index < -0.39 is 11.8 Å². The first kappa shape index (κ1) is 16.9. The van der Waals surface area contributed by atoms with Crippen LogP contribution in [0.3, 0.4) is 0 Å². The van der Waals surface area contributed by atoms with Crippen molar-refractivity contribution in [3.8, 4) is 0 Å². The molecule has 0 unspecified atom stereocenters. The number of nitrogens with zero attached hydrogens (tertiary/aromatic N) is 2. The van der Waals surface area contributed by atoms with Gasteiger partial charge in [-0.05, 0) is 31.0 Å². The number of nitrogens with one attached hydrogen (secondary N) is 1. The molecule has 2 saturated heterocycles. The molecule has 0 radical (unpaired) electrons. The minimum Gasteiger partial charge on any atom is -0.430 e. The third-order valence-electron chi connectivity index (χ3n) is 5.58. The number of hydrogen-bond donors (Lipinski definition) is 1. The number of rotatable bonds is 3. The Balaban J connectivity index is 1.34. The predicted octanol–water partition coefficient (Wildman–Crippen LogP) is 2.64. The lowest BCUT2D eigenvalue weighted by molar-refractivity contribution is -0.134. The van der Waals surface area contributed by atoms with Gasteiger partial charge in [0.25, 0.3) is 0 Å². The largest absolute Gasteiger partial charge is 0.509 e. The number of aromatic amines is 1. The standard InChI is InChI=1S/C19H23N3O4/c1-12-3-4-14-17(13(12)2)21-15(20-14)5-6-16(23)22-9-7-19(8-10-22)11-25-18(24)26-19/h3-4H,5-11H2,1-2H3,(H,20,21). The Labute approximate surface area is 151 Å². The second-order valence-electron chi connectivity index (χ2n) is 7.29. The number of amides is 1. The highest BCUT2D eigenvalue weighted by molar-refractivity contribution is 5.80. The highest BCUT2D eigenvalue weighted by atomic mass is 16.8. The third kappa shape index (κ3) is 3.02. The molecule has 0 atom stereocenters. The van der Waals surface area contributed by atoms with Crippen molar-refractivity contribution in [2.75, 3.05) is 19.7 Å². The Morgan fingerprint density at radius 3 is 2.77 bits per heavy atom. The Kier molecular flexibility index (Phi) is 4.09. The number of aryl methyl sites for hydroxylation is 3. The summed E-state index contributed by atoms with van der Waals surface area (Å²) in [6, 6.07) is 4.11. The molecule has 0 saturated carbocycles. The molecule has 0 bridgehead atoms. The molecule has 1 aromatic heterocycles. The fourth-order valence-corrected chi connectivity index (χ4v) is 3.70. The van der Waals surface area contributed by atoms with Gasteiger partial charge in [0.1, 0.15) is 12.4 Å². The van der Waals surface area contributed by atoms with Gasteiger partial charge >= 0.3 is 6.16 Å². The highest BCUT2D eigenvalue weighted by Crippen LogP contribution is 2.31. The number of ether oxygens (including phenoxy) is 2. The first-order chi connectivity index (χ1) is 12.5. The number of imidazole rings is 1. The van der Waals surface area contributed by atoms with Gasteiger partial charge < -0.3 is 19.4 Å². The Morgan fingerprint density at radius 2 is 2.08 bits per heavy atom. The van der Waals surface area contributed by atoms with E-state index in [1.165, 1.54) is 11.1 Å². The second-order valence-corrected chi connectivity index (χ2v) is 7.29. The molecule has 2 aromatic rings. The van der Waals surface area contributed by atoms with Gasteiger partial charge in [-0.3, -0.25) is 4.79 Å². The van der Waals surface area contributed by atoms with Crippen LogP contribution < -0.4 is 0 Å². The van der Waals surface area contributed by atoms with Crippen molar-refractivity contribution in [2.24, 2.45) is 0 Å². The van der Waals surface area contributed by atoms with Crippen LogP contribution in [0.1, 0.15) is 36.2 Å². The zero-order chi connectivity index (χ0) is 18.3. The van der Waals surface area contributed by atoms with Crippen molar-refractivity contribution in [3.63, 3.8) is 0 Å². The molecule has 3 heterocycles. The van der Waals surface area contributed by atoms with Crippen LogP contribution in [0.25, 0.3) is 11.0 Å². The summed E-state index contributed by atoms with van der Waals surface area (Å²) in [6.07, 6.45) is 1.67. The van der Waals surface area contributed by atoms with E-state index in [0.717, 1.165) is 16.9 Å². The van der Waals surface area contributed by atoms with Crippen LogP contribution in [0.5, 0.6) is 0 Å². The molecule has 138 valence electrons. The first-order valence-electron chi connectivity index (χ1n) is 9.04. The van der Waals surface area contributed by atoms with E-state index >= 15 is 0 Å². The number of hydrogen-bond acceptors (Lipinski definition) is 5. The zero-order valence-corrected chi connectivity index (χ0v) is 15.1. The summed E-state index contributed by atoms with van der Waals surface area (Å²) in [7, 11) is 0. The molecular formula is C19H23N3O4. The first-order valence-corrected chi connectivity index (χ1v) is 9.04.